The molecule has 0 bridgehead atoms. The fourth-order valence-corrected chi connectivity index (χ4v) is 3.77. The maximum absolute atomic E-state index is 12.1. The Balaban J connectivity index is 1.44. The third kappa shape index (κ3) is 5.44. The van der Waals surface area contributed by atoms with Gasteiger partial charge in [0.1, 0.15) is 5.01 Å². The fourth-order valence-electron chi connectivity index (χ4n) is 2.97. The van der Waals surface area contributed by atoms with Crippen LogP contribution in [0.3, 0.4) is 0 Å². The van der Waals surface area contributed by atoms with Crippen molar-refractivity contribution in [2.45, 2.75) is 45.6 Å². The second-order valence-electron chi connectivity index (χ2n) is 6.68. The summed E-state index contributed by atoms with van der Waals surface area (Å²) in [6.45, 7) is 4.97. The highest BCUT2D eigenvalue weighted by Gasteiger charge is 2.15. The van der Waals surface area contributed by atoms with E-state index in [1.54, 1.807) is 12.1 Å². The zero-order valence-corrected chi connectivity index (χ0v) is 15.8. The number of aryl methyl sites for hydroxylation is 1. The van der Waals surface area contributed by atoms with Crippen LogP contribution in [0.15, 0.2) is 24.3 Å². The van der Waals surface area contributed by atoms with Gasteiger partial charge in [-0.2, -0.15) is 0 Å². The van der Waals surface area contributed by atoms with Crippen molar-refractivity contribution in [3.05, 3.63) is 40.4 Å². The number of piperidine rings is 1. The average molecular weight is 372 g/mol. The van der Waals surface area contributed by atoms with Crippen LogP contribution in [0.4, 0.5) is 5.13 Å². The largest absolute Gasteiger partial charge is 0.301 e. The van der Waals surface area contributed by atoms with Gasteiger partial charge in [-0.15, -0.1) is 10.2 Å². The Bertz CT molecular complexity index is 751. The molecule has 0 spiro atoms. The van der Waals surface area contributed by atoms with Crippen molar-refractivity contribution in [2.75, 3.05) is 18.4 Å². The highest BCUT2D eigenvalue weighted by atomic mass is 32.1. The van der Waals surface area contributed by atoms with E-state index >= 15 is 0 Å². The van der Waals surface area contributed by atoms with Crippen molar-refractivity contribution < 1.29 is 9.59 Å². The lowest BCUT2D eigenvalue weighted by molar-refractivity contribution is -0.116. The van der Waals surface area contributed by atoms with E-state index in [4.69, 9.17) is 0 Å². The number of nitrogens with one attached hydrogen (secondary N) is 1. The van der Waals surface area contributed by atoms with Gasteiger partial charge in [0.25, 0.3) is 0 Å². The van der Waals surface area contributed by atoms with Crippen LogP contribution in [0.1, 0.15) is 53.0 Å². The Morgan fingerprint density at radius 1 is 1.08 bits per heavy atom. The predicted molar refractivity (Wildman–Crippen MR) is 102 cm³/mol. The third-order valence-electron chi connectivity index (χ3n) is 4.47. The summed E-state index contributed by atoms with van der Waals surface area (Å²) in [4.78, 5) is 26.6. The van der Waals surface area contributed by atoms with E-state index in [-0.39, 0.29) is 24.5 Å². The first-order valence-electron chi connectivity index (χ1n) is 9.04. The first-order chi connectivity index (χ1) is 12.6. The molecular formula is C19H24N4O2S. The second-order valence-corrected chi connectivity index (χ2v) is 7.74. The Labute approximate surface area is 157 Å². The van der Waals surface area contributed by atoms with Crippen molar-refractivity contribution in [3.8, 4) is 0 Å². The molecule has 26 heavy (non-hydrogen) atoms. The SMILES string of the molecule is Cc1ccc(C(=O)CCC(=O)Nc2nnc(CN3CCCCC3)s2)cc1. The Morgan fingerprint density at radius 2 is 1.81 bits per heavy atom. The number of ketones is 1. The molecule has 0 atom stereocenters. The maximum Gasteiger partial charge on any atom is 0.226 e. The minimum absolute atomic E-state index is 0.0248. The van der Waals surface area contributed by atoms with E-state index in [9.17, 15) is 9.59 Å². The molecule has 1 N–H and O–H groups in total. The lowest BCUT2D eigenvalue weighted by atomic mass is 10.1. The van der Waals surface area contributed by atoms with E-state index in [2.05, 4.69) is 20.4 Å². The standard InChI is InChI=1S/C19H24N4O2S/c1-14-5-7-15(8-6-14)16(24)9-10-17(25)20-19-22-21-18(26-19)13-23-11-3-2-4-12-23/h5-8H,2-4,9-13H2,1H3,(H,20,22,25). The van der Waals surface area contributed by atoms with Crippen LogP contribution in [0.2, 0.25) is 0 Å². The normalized spacial score (nSPS) is 15.0. The topological polar surface area (TPSA) is 75.2 Å². The monoisotopic (exact) mass is 372 g/mol. The molecule has 0 unspecified atom stereocenters. The quantitative estimate of drug-likeness (QED) is 0.754. The number of carbonyl (C=O) groups is 2. The van der Waals surface area contributed by atoms with E-state index in [1.165, 1.54) is 30.6 Å². The zero-order chi connectivity index (χ0) is 18.4. The van der Waals surface area contributed by atoms with E-state index in [0.717, 1.165) is 30.2 Å². The Morgan fingerprint density at radius 3 is 2.54 bits per heavy atom. The number of anilines is 1. The molecule has 0 radical (unpaired) electrons. The molecule has 7 heteroatoms. The molecule has 1 saturated heterocycles. The van der Waals surface area contributed by atoms with Crippen LogP contribution in [0.5, 0.6) is 0 Å². The van der Waals surface area contributed by atoms with Gasteiger partial charge in [0.15, 0.2) is 5.78 Å². The molecule has 6 nitrogen and oxygen atoms in total. The maximum atomic E-state index is 12.1. The van der Waals surface area contributed by atoms with Crippen LogP contribution in [-0.2, 0) is 11.3 Å². The number of rotatable bonds is 7. The van der Waals surface area contributed by atoms with Gasteiger partial charge in [-0.25, -0.2) is 0 Å². The van der Waals surface area contributed by atoms with E-state index < -0.39 is 0 Å². The number of nitrogens with zero attached hydrogens (tertiary/aromatic N) is 3. The molecule has 1 aliphatic rings. The number of hydrogen-bond acceptors (Lipinski definition) is 6. The van der Waals surface area contributed by atoms with E-state index in [1.807, 2.05) is 19.1 Å². The van der Waals surface area contributed by atoms with Crippen molar-refractivity contribution in [1.29, 1.82) is 0 Å². The molecule has 3 rings (SSSR count). The molecule has 1 aromatic heterocycles. The number of amides is 1. The van der Waals surface area contributed by atoms with Gasteiger partial charge >= 0.3 is 0 Å². The number of carbonyl (C=O) groups excluding carboxylic acids is 2. The van der Waals surface area contributed by atoms with E-state index in [0.29, 0.717) is 10.7 Å². The molecule has 0 aliphatic carbocycles. The molecule has 1 amide bonds. The summed E-state index contributed by atoms with van der Waals surface area (Å²) < 4.78 is 0. The number of hydrogen-bond donors (Lipinski definition) is 1. The minimum atomic E-state index is -0.203. The summed E-state index contributed by atoms with van der Waals surface area (Å²) in [5.74, 6) is -0.227. The van der Waals surface area contributed by atoms with Crippen LogP contribution in [0, 0.1) is 6.92 Å². The van der Waals surface area contributed by atoms with Gasteiger partial charge in [-0.05, 0) is 32.9 Å². The summed E-state index contributed by atoms with van der Waals surface area (Å²) in [5, 5.41) is 12.4. The number of Topliss-reactive ketones (excluding diaryl/α,β-unsaturated/α-hetero) is 1. The van der Waals surface area contributed by atoms with Gasteiger partial charge in [0.2, 0.25) is 11.0 Å². The average Bonchev–Trinajstić information content (AvgIpc) is 3.08. The second kappa shape index (κ2) is 9.00. The van der Waals surface area contributed by atoms with Crippen LogP contribution >= 0.6 is 11.3 Å². The van der Waals surface area contributed by atoms with Gasteiger partial charge in [-0.1, -0.05) is 47.6 Å². The van der Waals surface area contributed by atoms with Crippen LogP contribution in [-0.4, -0.2) is 39.9 Å². The number of benzene rings is 1. The minimum Gasteiger partial charge on any atom is -0.301 e. The van der Waals surface area contributed by atoms with Gasteiger partial charge in [0, 0.05) is 18.4 Å². The van der Waals surface area contributed by atoms with Crippen molar-refractivity contribution >= 4 is 28.2 Å². The fraction of sp³-hybridized carbons (Fsp3) is 0.474. The molecule has 0 saturated carbocycles. The molecule has 2 aromatic rings. The lowest BCUT2D eigenvalue weighted by Crippen LogP contribution is -2.28. The summed E-state index contributed by atoms with van der Waals surface area (Å²) in [6, 6.07) is 7.40. The Kier molecular flexibility index (Phi) is 6.46. The van der Waals surface area contributed by atoms with Crippen LogP contribution in [0.25, 0.3) is 0 Å². The van der Waals surface area contributed by atoms with Gasteiger partial charge < -0.3 is 5.32 Å². The zero-order valence-electron chi connectivity index (χ0n) is 15.0. The third-order valence-corrected chi connectivity index (χ3v) is 5.30. The highest BCUT2D eigenvalue weighted by Crippen LogP contribution is 2.19. The molecule has 1 fully saturated rings. The van der Waals surface area contributed by atoms with Gasteiger partial charge in [-0.3, -0.25) is 14.5 Å². The first kappa shape index (κ1) is 18.7. The number of likely N-dealkylation sites (tertiary alicyclic amines) is 1. The van der Waals surface area contributed by atoms with Crippen molar-refractivity contribution in [1.82, 2.24) is 15.1 Å². The highest BCUT2D eigenvalue weighted by molar-refractivity contribution is 7.15. The lowest BCUT2D eigenvalue weighted by Gasteiger charge is -2.24. The first-order valence-corrected chi connectivity index (χ1v) is 9.86. The van der Waals surface area contributed by atoms with Gasteiger partial charge in [0.05, 0.1) is 6.54 Å². The summed E-state index contributed by atoms with van der Waals surface area (Å²) in [5.41, 5.74) is 1.75. The summed E-state index contributed by atoms with van der Waals surface area (Å²) in [6.07, 6.45) is 4.10. The van der Waals surface area contributed by atoms with Crippen molar-refractivity contribution in [3.63, 3.8) is 0 Å². The smallest absolute Gasteiger partial charge is 0.226 e. The molecule has 1 aromatic carbocycles. The molecule has 138 valence electrons. The molecule has 1 aliphatic heterocycles. The van der Waals surface area contributed by atoms with Crippen molar-refractivity contribution in [2.24, 2.45) is 0 Å². The Hall–Kier alpha value is -2.12. The molecular weight excluding hydrogens is 348 g/mol. The molecule has 2 heterocycles. The predicted octanol–water partition coefficient (Wildman–Crippen LogP) is 3.43. The van der Waals surface area contributed by atoms with Crippen LogP contribution < -0.4 is 5.32 Å². The summed E-state index contributed by atoms with van der Waals surface area (Å²) >= 11 is 1.41. The number of aromatic nitrogens is 2. The summed E-state index contributed by atoms with van der Waals surface area (Å²) in [7, 11) is 0.